The minimum Gasteiger partial charge on any atom is -0.473 e. The van der Waals surface area contributed by atoms with E-state index in [1.165, 1.54) is 10.6 Å². The molecule has 5 nitrogen and oxygen atoms in total. The minimum absolute atomic E-state index is 0.0818. The summed E-state index contributed by atoms with van der Waals surface area (Å²) in [5.41, 5.74) is 1.13. The summed E-state index contributed by atoms with van der Waals surface area (Å²) in [5.74, 6) is -1.92. The highest BCUT2D eigenvalue weighted by atomic mass is 35.5. The van der Waals surface area contributed by atoms with E-state index in [-0.39, 0.29) is 23.8 Å². The fourth-order valence-electron chi connectivity index (χ4n) is 2.45. The maximum absolute atomic E-state index is 14.4. The highest BCUT2D eigenvalue weighted by Gasteiger charge is 2.15. The van der Waals surface area contributed by atoms with Gasteiger partial charge in [-0.1, -0.05) is 11.6 Å². The molecule has 0 saturated carbocycles. The summed E-state index contributed by atoms with van der Waals surface area (Å²) < 4.78 is 40.8. The van der Waals surface area contributed by atoms with Crippen molar-refractivity contribution in [1.29, 1.82) is 0 Å². The smallest absolute Gasteiger partial charge is 0.350 e. The first-order chi connectivity index (χ1) is 13.2. The van der Waals surface area contributed by atoms with Crippen LogP contribution in [0.2, 0.25) is 5.02 Å². The van der Waals surface area contributed by atoms with Crippen molar-refractivity contribution in [2.24, 2.45) is 7.05 Å². The second kappa shape index (κ2) is 7.98. The molecule has 0 aliphatic carbocycles. The average molecular weight is 407 g/mol. The topological polar surface area (TPSA) is 53.4 Å². The Morgan fingerprint density at radius 2 is 1.79 bits per heavy atom. The minimum atomic E-state index is -0.876. The van der Waals surface area contributed by atoms with Crippen LogP contribution in [-0.2, 0) is 13.7 Å². The molecule has 0 atom stereocenters. The molecular formula is C20H17ClF2N2O3. The number of benzene rings is 2. The predicted molar refractivity (Wildman–Crippen MR) is 101 cm³/mol. The Hall–Kier alpha value is -2.93. The van der Waals surface area contributed by atoms with Gasteiger partial charge in [0, 0.05) is 23.8 Å². The lowest BCUT2D eigenvalue weighted by atomic mass is 10.2. The first-order valence-electron chi connectivity index (χ1n) is 8.34. The average Bonchev–Trinajstić information content (AvgIpc) is 2.63. The molecule has 0 unspecified atom stereocenters. The standard InChI is InChI=1S/C20H17ClF2N2O3/c1-11-6-14(4-5-15(11)21)28-19-16(22)8-13(9-17(19)23)10-27-18-7-12(2)25(3)20(26)24-18/h4-9H,10H2,1-3H3. The van der Waals surface area contributed by atoms with Crippen LogP contribution >= 0.6 is 11.6 Å². The van der Waals surface area contributed by atoms with Gasteiger partial charge in [0.1, 0.15) is 12.4 Å². The lowest BCUT2D eigenvalue weighted by molar-refractivity contribution is 0.288. The van der Waals surface area contributed by atoms with Crippen LogP contribution in [0.4, 0.5) is 8.78 Å². The van der Waals surface area contributed by atoms with Crippen LogP contribution in [-0.4, -0.2) is 9.55 Å². The zero-order valence-corrected chi connectivity index (χ0v) is 16.2. The monoisotopic (exact) mass is 406 g/mol. The quantitative estimate of drug-likeness (QED) is 0.616. The van der Waals surface area contributed by atoms with Gasteiger partial charge in [0.2, 0.25) is 5.88 Å². The first kappa shape index (κ1) is 19.8. The fourth-order valence-corrected chi connectivity index (χ4v) is 2.57. The van der Waals surface area contributed by atoms with Crippen molar-refractivity contribution in [3.05, 3.63) is 80.4 Å². The van der Waals surface area contributed by atoms with E-state index < -0.39 is 23.1 Å². The molecule has 3 rings (SSSR count). The van der Waals surface area contributed by atoms with Crippen LogP contribution in [0.5, 0.6) is 17.4 Å². The van der Waals surface area contributed by atoms with E-state index in [0.29, 0.717) is 10.7 Å². The molecule has 1 heterocycles. The zero-order chi connectivity index (χ0) is 20.4. The Morgan fingerprint density at radius 3 is 2.39 bits per heavy atom. The first-order valence-corrected chi connectivity index (χ1v) is 8.72. The number of aryl methyl sites for hydroxylation is 2. The van der Waals surface area contributed by atoms with E-state index >= 15 is 0 Å². The molecule has 8 heteroatoms. The molecule has 2 aromatic carbocycles. The number of ether oxygens (including phenoxy) is 2. The van der Waals surface area contributed by atoms with Gasteiger partial charge >= 0.3 is 5.69 Å². The highest BCUT2D eigenvalue weighted by molar-refractivity contribution is 6.31. The van der Waals surface area contributed by atoms with Gasteiger partial charge in [-0.05, 0) is 55.3 Å². The van der Waals surface area contributed by atoms with Crippen molar-refractivity contribution in [3.8, 4) is 17.4 Å². The molecule has 0 amide bonds. The van der Waals surface area contributed by atoms with Crippen molar-refractivity contribution in [1.82, 2.24) is 9.55 Å². The molecule has 0 radical (unpaired) electrons. The Bertz CT molecular complexity index is 1080. The van der Waals surface area contributed by atoms with E-state index in [9.17, 15) is 13.6 Å². The van der Waals surface area contributed by atoms with Crippen LogP contribution < -0.4 is 15.2 Å². The number of hydrogen-bond acceptors (Lipinski definition) is 4. The molecule has 3 aromatic rings. The Kier molecular flexibility index (Phi) is 5.65. The molecule has 0 spiro atoms. The lowest BCUT2D eigenvalue weighted by Gasteiger charge is -2.12. The number of hydrogen-bond donors (Lipinski definition) is 0. The molecule has 28 heavy (non-hydrogen) atoms. The summed E-state index contributed by atoms with van der Waals surface area (Å²) in [4.78, 5) is 15.4. The van der Waals surface area contributed by atoms with E-state index in [1.807, 2.05) is 0 Å². The van der Waals surface area contributed by atoms with Gasteiger partial charge in [0.25, 0.3) is 0 Å². The van der Waals surface area contributed by atoms with E-state index in [2.05, 4.69) is 4.98 Å². The maximum atomic E-state index is 14.4. The van der Waals surface area contributed by atoms with Gasteiger partial charge in [-0.25, -0.2) is 13.6 Å². The van der Waals surface area contributed by atoms with Gasteiger partial charge in [0.05, 0.1) is 0 Å². The third-order valence-electron chi connectivity index (χ3n) is 4.15. The Labute approximate surface area is 165 Å². The molecule has 146 valence electrons. The number of nitrogens with zero attached hydrogens (tertiary/aromatic N) is 2. The molecule has 0 bridgehead atoms. The lowest BCUT2D eigenvalue weighted by Crippen LogP contribution is -2.22. The number of rotatable bonds is 5. The largest absolute Gasteiger partial charge is 0.473 e. The maximum Gasteiger partial charge on any atom is 0.350 e. The third-order valence-corrected chi connectivity index (χ3v) is 4.57. The van der Waals surface area contributed by atoms with Crippen molar-refractivity contribution in [2.75, 3.05) is 0 Å². The van der Waals surface area contributed by atoms with Gasteiger partial charge in [-0.2, -0.15) is 4.98 Å². The summed E-state index contributed by atoms with van der Waals surface area (Å²) >= 11 is 5.94. The predicted octanol–water partition coefficient (Wildman–Crippen LogP) is 4.70. The van der Waals surface area contributed by atoms with Gasteiger partial charge in [-0.3, -0.25) is 4.57 Å². The normalized spacial score (nSPS) is 10.8. The number of halogens is 3. The molecule has 0 aliphatic rings. The van der Waals surface area contributed by atoms with Gasteiger partial charge in [-0.15, -0.1) is 0 Å². The fraction of sp³-hybridized carbons (Fsp3) is 0.200. The molecule has 0 N–H and O–H groups in total. The Morgan fingerprint density at radius 1 is 1.11 bits per heavy atom. The van der Waals surface area contributed by atoms with E-state index in [1.54, 1.807) is 39.1 Å². The van der Waals surface area contributed by atoms with Crippen molar-refractivity contribution in [2.45, 2.75) is 20.5 Å². The molecule has 0 aliphatic heterocycles. The van der Waals surface area contributed by atoms with Gasteiger partial charge in [0.15, 0.2) is 17.4 Å². The van der Waals surface area contributed by atoms with E-state index in [0.717, 1.165) is 17.7 Å². The summed E-state index contributed by atoms with van der Waals surface area (Å²) in [6, 6.07) is 8.47. The van der Waals surface area contributed by atoms with Crippen LogP contribution in [0.25, 0.3) is 0 Å². The van der Waals surface area contributed by atoms with Gasteiger partial charge < -0.3 is 9.47 Å². The Balaban J connectivity index is 1.78. The highest BCUT2D eigenvalue weighted by Crippen LogP contribution is 2.31. The molecule has 1 aromatic heterocycles. The van der Waals surface area contributed by atoms with Crippen molar-refractivity contribution in [3.63, 3.8) is 0 Å². The van der Waals surface area contributed by atoms with Crippen LogP contribution in [0, 0.1) is 25.5 Å². The third kappa shape index (κ3) is 4.31. The molecule has 0 fully saturated rings. The number of aromatic nitrogens is 2. The van der Waals surface area contributed by atoms with Crippen molar-refractivity contribution >= 4 is 11.6 Å². The van der Waals surface area contributed by atoms with Crippen LogP contribution in [0.1, 0.15) is 16.8 Å². The second-order valence-electron chi connectivity index (χ2n) is 6.27. The SMILES string of the molecule is Cc1cc(Oc2c(F)cc(COc3cc(C)n(C)c(=O)n3)cc2F)ccc1Cl. The summed E-state index contributed by atoms with van der Waals surface area (Å²) in [7, 11) is 1.58. The zero-order valence-electron chi connectivity index (χ0n) is 15.4. The summed E-state index contributed by atoms with van der Waals surface area (Å²) in [6.07, 6.45) is 0. The van der Waals surface area contributed by atoms with Crippen LogP contribution in [0.15, 0.2) is 41.2 Å². The summed E-state index contributed by atoms with van der Waals surface area (Å²) in [6.45, 7) is 3.32. The van der Waals surface area contributed by atoms with Crippen LogP contribution in [0.3, 0.4) is 0 Å². The van der Waals surface area contributed by atoms with Crippen molar-refractivity contribution < 1.29 is 18.3 Å². The summed E-state index contributed by atoms with van der Waals surface area (Å²) in [5, 5.41) is 0.528. The molecule has 0 saturated heterocycles. The van der Waals surface area contributed by atoms with E-state index in [4.69, 9.17) is 21.1 Å². The molecular weight excluding hydrogens is 390 g/mol. The second-order valence-corrected chi connectivity index (χ2v) is 6.67.